The Labute approximate surface area is 176 Å². The van der Waals surface area contributed by atoms with E-state index in [4.69, 9.17) is 0 Å². The molecule has 6 heteroatoms. The molecule has 0 radical (unpaired) electrons. The molecule has 156 valence electrons. The highest BCUT2D eigenvalue weighted by Crippen LogP contribution is 2.34. The Kier molecular flexibility index (Phi) is 5.68. The van der Waals surface area contributed by atoms with Crippen molar-refractivity contribution in [2.45, 2.75) is 25.4 Å². The average Bonchev–Trinajstić information content (AvgIpc) is 3.00. The van der Waals surface area contributed by atoms with Crippen molar-refractivity contribution in [3.8, 4) is 0 Å². The van der Waals surface area contributed by atoms with Crippen LogP contribution in [-0.2, 0) is 16.1 Å². The molecule has 0 atom stereocenters. The lowest BCUT2D eigenvalue weighted by molar-refractivity contribution is -0.138. The number of likely N-dealkylation sites (tertiary alicyclic amines) is 1. The lowest BCUT2D eigenvalue weighted by Gasteiger charge is -2.36. The Bertz CT molecular complexity index is 964. The van der Waals surface area contributed by atoms with Crippen LogP contribution in [0.5, 0.6) is 0 Å². The number of imide groups is 1. The minimum atomic E-state index is -0.344. The third kappa shape index (κ3) is 3.87. The van der Waals surface area contributed by atoms with E-state index < -0.39 is 0 Å². The molecule has 0 bridgehead atoms. The van der Waals surface area contributed by atoms with Crippen molar-refractivity contribution in [3.05, 3.63) is 77.2 Å². The summed E-state index contributed by atoms with van der Waals surface area (Å²) in [6.45, 7) is 2.05. The zero-order chi connectivity index (χ0) is 21.3. The van der Waals surface area contributed by atoms with Gasteiger partial charge in [-0.25, -0.2) is 4.39 Å². The fraction of sp³-hybridized carbons (Fsp3) is 0.333. The van der Waals surface area contributed by atoms with E-state index in [0.29, 0.717) is 16.8 Å². The van der Waals surface area contributed by atoms with Gasteiger partial charge in [0.25, 0.3) is 11.8 Å². The molecule has 2 heterocycles. The highest BCUT2D eigenvalue weighted by Gasteiger charge is 2.42. The number of hydrogen-bond donors (Lipinski definition) is 0. The maximum Gasteiger partial charge on any atom is 0.278 e. The maximum absolute atomic E-state index is 13.4. The lowest BCUT2D eigenvalue weighted by atomic mass is 10.0. The predicted octanol–water partition coefficient (Wildman–Crippen LogP) is 3.13. The van der Waals surface area contributed by atoms with Gasteiger partial charge in [-0.05, 0) is 56.2 Å². The fourth-order valence-corrected chi connectivity index (χ4v) is 4.24. The molecule has 4 rings (SSSR count). The number of carbonyl (C=O) groups is 2. The van der Waals surface area contributed by atoms with E-state index in [1.54, 1.807) is 12.1 Å². The molecule has 0 N–H and O–H groups in total. The van der Waals surface area contributed by atoms with Crippen LogP contribution in [0.3, 0.4) is 0 Å². The van der Waals surface area contributed by atoms with Crippen molar-refractivity contribution in [2.75, 3.05) is 27.2 Å². The Morgan fingerprint density at radius 3 is 2.23 bits per heavy atom. The minimum absolute atomic E-state index is 0.124. The van der Waals surface area contributed by atoms with Crippen LogP contribution in [0.4, 0.5) is 4.39 Å². The first-order chi connectivity index (χ1) is 14.5. The van der Waals surface area contributed by atoms with Gasteiger partial charge in [0.05, 0.1) is 12.1 Å². The number of likely N-dealkylation sites (N-methyl/N-ethyl adjacent to an activating group) is 1. The van der Waals surface area contributed by atoms with Crippen molar-refractivity contribution in [1.29, 1.82) is 0 Å². The standard InChI is InChI=1S/C24H26FN3O2/c1-26-14-12-20(13-15-26)27(2)22-21(18-6-4-3-5-7-18)23(29)28(24(22)30)16-17-8-10-19(25)11-9-17/h3-11,20H,12-16H2,1-2H3. The third-order valence-corrected chi connectivity index (χ3v) is 6.05. The highest BCUT2D eigenvalue weighted by molar-refractivity contribution is 6.35. The topological polar surface area (TPSA) is 43.9 Å². The second-order valence-electron chi connectivity index (χ2n) is 8.06. The second-order valence-corrected chi connectivity index (χ2v) is 8.06. The van der Waals surface area contributed by atoms with Crippen LogP contribution in [0, 0.1) is 5.82 Å². The normalized spacial score (nSPS) is 18.4. The quantitative estimate of drug-likeness (QED) is 0.715. The van der Waals surface area contributed by atoms with Crippen LogP contribution < -0.4 is 0 Å². The number of piperidine rings is 1. The molecular weight excluding hydrogens is 381 g/mol. The van der Waals surface area contributed by atoms with Crippen LogP contribution in [0.25, 0.3) is 5.57 Å². The minimum Gasteiger partial charge on any atom is -0.366 e. The summed E-state index contributed by atoms with van der Waals surface area (Å²) in [5.74, 6) is -0.932. The number of halogens is 1. The van der Waals surface area contributed by atoms with Crippen LogP contribution in [0.2, 0.25) is 0 Å². The smallest absolute Gasteiger partial charge is 0.278 e. The van der Waals surface area contributed by atoms with E-state index in [-0.39, 0.29) is 30.2 Å². The van der Waals surface area contributed by atoms with Gasteiger partial charge in [0.1, 0.15) is 11.5 Å². The van der Waals surface area contributed by atoms with Gasteiger partial charge in [0.2, 0.25) is 0 Å². The summed E-state index contributed by atoms with van der Waals surface area (Å²) >= 11 is 0. The molecule has 30 heavy (non-hydrogen) atoms. The Balaban J connectivity index is 1.68. The molecule has 1 saturated heterocycles. The number of benzene rings is 2. The van der Waals surface area contributed by atoms with Gasteiger partial charge in [-0.15, -0.1) is 0 Å². The van der Waals surface area contributed by atoms with Gasteiger partial charge in [-0.1, -0.05) is 42.5 Å². The molecular formula is C24H26FN3O2. The van der Waals surface area contributed by atoms with E-state index in [1.807, 2.05) is 42.3 Å². The molecule has 0 aromatic heterocycles. The van der Waals surface area contributed by atoms with Gasteiger partial charge in [-0.2, -0.15) is 0 Å². The van der Waals surface area contributed by atoms with Crippen molar-refractivity contribution in [2.24, 2.45) is 0 Å². The first-order valence-electron chi connectivity index (χ1n) is 10.3. The lowest BCUT2D eigenvalue weighted by Crippen LogP contribution is -2.43. The fourth-order valence-electron chi connectivity index (χ4n) is 4.24. The van der Waals surface area contributed by atoms with E-state index in [1.165, 1.54) is 17.0 Å². The molecule has 5 nitrogen and oxygen atoms in total. The molecule has 2 amide bonds. The van der Waals surface area contributed by atoms with Crippen molar-refractivity contribution in [1.82, 2.24) is 14.7 Å². The molecule has 0 spiro atoms. The molecule has 1 fully saturated rings. The number of amides is 2. The highest BCUT2D eigenvalue weighted by atomic mass is 19.1. The van der Waals surface area contributed by atoms with Gasteiger partial charge in [0.15, 0.2) is 0 Å². The molecule has 2 aliphatic heterocycles. The zero-order valence-electron chi connectivity index (χ0n) is 17.3. The maximum atomic E-state index is 13.4. The van der Waals surface area contributed by atoms with Crippen LogP contribution in [-0.4, -0.2) is 59.7 Å². The molecule has 0 unspecified atom stereocenters. The largest absolute Gasteiger partial charge is 0.366 e. The first-order valence-corrected chi connectivity index (χ1v) is 10.3. The van der Waals surface area contributed by atoms with E-state index in [0.717, 1.165) is 31.5 Å². The SMILES string of the molecule is CN1CCC(N(C)C2=C(c3ccccc3)C(=O)N(Cc3ccc(F)cc3)C2=O)CC1. The van der Waals surface area contributed by atoms with Gasteiger partial charge in [0, 0.05) is 13.1 Å². The number of hydrogen-bond acceptors (Lipinski definition) is 4. The third-order valence-electron chi connectivity index (χ3n) is 6.05. The predicted molar refractivity (Wildman–Crippen MR) is 114 cm³/mol. The Morgan fingerprint density at radius 1 is 0.967 bits per heavy atom. The van der Waals surface area contributed by atoms with Crippen molar-refractivity contribution < 1.29 is 14.0 Å². The summed E-state index contributed by atoms with van der Waals surface area (Å²) in [5.41, 5.74) is 2.37. The van der Waals surface area contributed by atoms with E-state index >= 15 is 0 Å². The van der Waals surface area contributed by atoms with E-state index in [2.05, 4.69) is 11.9 Å². The number of rotatable bonds is 5. The molecule has 0 saturated carbocycles. The molecule has 2 aromatic rings. The van der Waals surface area contributed by atoms with Gasteiger partial charge in [-0.3, -0.25) is 14.5 Å². The summed E-state index contributed by atoms with van der Waals surface area (Å²) in [7, 11) is 4.01. The number of carbonyl (C=O) groups excluding carboxylic acids is 2. The van der Waals surface area contributed by atoms with Crippen molar-refractivity contribution >= 4 is 17.4 Å². The summed E-state index contributed by atoms with van der Waals surface area (Å²) in [4.78, 5) is 32.4. The molecule has 2 aliphatic rings. The van der Waals surface area contributed by atoms with E-state index in [9.17, 15) is 14.0 Å². The summed E-state index contributed by atoms with van der Waals surface area (Å²) in [6.07, 6.45) is 1.88. The van der Waals surface area contributed by atoms with Gasteiger partial charge < -0.3 is 9.80 Å². The monoisotopic (exact) mass is 407 g/mol. The van der Waals surface area contributed by atoms with Crippen molar-refractivity contribution in [3.63, 3.8) is 0 Å². The second kappa shape index (κ2) is 8.40. The Morgan fingerprint density at radius 2 is 1.60 bits per heavy atom. The van der Waals surface area contributed by atoms with Crippen LogP contribution in [0.1, 0.15) is 24.0 Å². The summed E-state index contributed by atoms with van der Waals surface area (Å²) in [6, 6.07) is 15.5. The van der Waals surface area contributed by atoms with Gasteiger partial charge >= 0.3 is 0 Å². The summed E-state index contributed by atoms with van der Waals surface area (Å²) < 4.78 is 13.3. The van der Waals surface area contributed by atoms with Crippen LogP contribution >= 0.6 is 0 Å². The zero-order valence-corrected chi connectivity index (χ0v) is 17.3. The summed E-state index contributed by atoms with van der Waals surface area (Å²) in [5, 5.41) is 0. The molecule has 0 aliphatic carbocycles. The Hall–Kier alpha value is -2.99. The first kappa shape index (κ1) is 20.3. The van der Waals surface area contributed by atoms with Crippen LogP contribution in [0.15, 0.2) is 60.3 Å². The number of nitrogens with zero attached hydrogens (tertiary/aromatic N) is 3. The average molecular weight is 407 g/mol. The molecule has 2 aromatic carbocycles.